The molecule has 2 fully saturated rings. The Kier molecular flexibility index (Phi) is 4.99. The van der Waals surface area contributed by atoms with Gasteiger partial charge in [0.05, 0.1) is 25.2 Å². The number of nitrogens with zero attached hydrogens (tertiary/aromatic N) is 1. The first-order chi connectivity index (χ1) is 9.51. The summed E-state index contributed by atoms with van der Waals surface area (Å²) in [6, 6.07) is -0.140. The molecule has 0 aromatic carbocycles. The van der Waals surface area contributed by atoms with Crippen molar-refractivity contribution in [2.75, 3.05) is 20.7 Å². The van der Waals surface area contributed by atoms with E-state index in [2.05, 4.69) is 5.32 Å². The van der Waals surface area contributed by atoms with Crippen LogP contribution >= 0.6 is 0 Å². The standard InChI is InChI=1S/C14H24N2O4/c1-16(2)13(18)7-10-5-6-11(12(8-17)20-10)15-14(19)9-3-4-9/h9-12,17H,3-8H2,1-2H3,(H,15,19)/t10-,11-,12+/m1/s1. The summed E-state index contributed by atoms with van der Waals surface area (Å²) in [5.74, 6) is 0.245. The predicted molar refractivity (Wildman–Crippen MR) is 72.9 cm³/mol. The van der Waals surface area contributed by atoms with Gasteiger partial charge < -0.3 is 20.1 Å². The zero-order chi connectivity index (χ0) is 14.7. The molecular formula is C14H24N2O4. The molecule has 1 saturated heterocycles. The Balaban J connectivity index is 1.83. The lowest BCUT2D eigenvalue weighted by Gasteiger charge is -2.36. The van der Waals surface area contributed by atoms with Crippen molar-refractivity contribution >= 4 is 11.8 Å². The highest BCUT2D eigenvalue weighted by atomic mass is 16.5. The zero-order valence-electron chi connectivity index (χ0n) is 12.2. The van der Waals surface area contributed by atoms with Gasteiger partial charge in [0.1, 0.15) is 6.10 Å². The second-order valence-corrected chi connectivity index (χ2v) is 5.94. The first kappa shape index (κ1) is 15.3. The summed E-state index contributed by atoms with van der Waals surface area (Å²) in [7, 11) is 3.43. The number of aliphatic hydroxyl groups excluding tert-OH is 1. The van der Waals surface area contributed by atoms with Crippen LogP contribution < -0.4 is 5.32 Å². The Morgan fingerprint density at radius 2 is 1.95 bits per heavy atom. The van der Waals surface area contributed by atoms with Gasteiger partial charge in [-0.25, -0.2) is 0 Å². The van der Waals surface area contributed by atoms with Crippen LogP contribution in [0.1, 0.15) is 32.1 Å². The van der Waals surface area contributed by atoms with Crippen molar-refractivity contribution < 1.29 is 19.4 Å². The predicted octanol–water partition coefficient (Wildman–Crippen LogP) is -0.101. The first-order valence-electron chi connectivity index (χ1n) is 7.28. The van der Waals surface area contributed by atoms with E-state index in [1.807, 2.05) is 0 Å². The molecule has 2 rings (SSSR count). The van der Waals surface area contributed by atoms with Crippen LogP contribution in [-0.2, 0) is 14.3 Å². The molecule has 0 radical (unpaired) electrons. The van der Waals surface area contributed by atoms with Gasteiger partial charge in [0.2, 0.25) is 11.8 Å². The van der Waals surface area contributed by atoms with Crippen LogP contribution in [0.25, 0.3) is 0 Å². The molecule has 1 saturated carbocycles. The Morgan fingerprint density at radius 1 is 1.25 bits per heavy atom. The van der Waals surface area contributed by atoms with Crippen molar-refractivity contribution in [2.45, 2.75) is 50.4 Å². The number of ether oxygens (including phenoxy) is 1. The summed E-state index contributed by atoms with van der Waals surface area (Å²) in [6.45, 7) is -0.137. The van der Waals surface area contributed by atoms with E-state index < -0.39 is 6.10 Å². The second kappa shape index (κ2) is 6.54. The van der Waals surface area contributed by atoms with Crippen molar-refractivity contribution in [1.82, 2.24) is 10.2 Å². The van der Waals surface area contributed by atoms with Crippen molar-refractivity contribution in [2.24, 2.45) is 5.92 Å². The Bertz CT molecular complexity index is 368. The van der Waals surface area contributed by atoms with Crippen molar-refractivity contribution in [1.29, 1.82) is 0 Å². The van der Waals surface area contributed by atoms with Gasteiger partial charge in [-0.15, -0.1) is 0 Å². The summed E-state index contributed by atoms with van der Waals surface area (Å²) in [6.07, 6.45) is 3.14. The van der Waals surface area contributed by atoms with E-state index in [-0.39, 0.29) is 36.5 Å². The Labute approximate surface area is 119 Å². The van der Waals surface area contributed by atoms with Crippen LogP contribution in [0.15, 0.2) is 0 Å². The van der Waals surface area contributed by atoms with Crippen molar-refractivity contribution in [3.63, 3.8) is 0 Å². The second-order valence-electron chi connectivity index (χ2n) is 5.94. The quantitative estimate of drug-likeness (QED) is 0.739. The van der Waals surface area contributed by atoms with E-state index >= 15 is 0 Å². The van der Waals surface area contributed by atoms with Crippen LogP contribution in [-0.4, -0.2) is 60.8 Å². The lowest BCUT2D eigenvalue weighted by molar-refractivity contribution is -0.141. The normalized spacial score (nSPS) is 29.9. The minimum absolute atomic E-state index is 0.0205. The third kappa shape index (κ3) is 3.93. The number of aliphatic hydroxyl groups is 1. The van der Waals surface area contributed by atoms with E-state index in [9.17, 15) is 14.7 Å². The highest BCUT2D eigenvalue weighted by molar-refractivity contribution is 5.81. The Morgan fingerprint density at radius 3 is 2.50 bits per heavy atom. The summed E-state index contributed by atoms with van der Waals surface area (Å²) in [4.78, 5) is 25.0. The molecule has 1 aliphatic carbocycles. The highest BCUT2D eigenvalue weighted by Gasteiger charge is 2.36. The van der Waals surface area contributed by atoms with E-state index in [0.29, 0.717) is 6.42 Å². The number of carbonyl (C=O) groups is 2. The van der Waals surface area contributed by atoms with Gasteiger partial charge in [-0.05, 0) is 25.7 Å². The molecule has 0 unspecified atom stereocenters. The number of hydrogen-bond acceptors (Lipinski definition) is 4. The average molecular weight is 284 g/mol. The smallest absolute Gasteiger partial charge is 0.224 e. The van der Waals surface area contributed by atoms with Crippen LogP contribution in [0.4, 0.5) is 0 Å². The number of amides is 2. The fraction of sp³-hybridized carbons (Fsp3) is 0.857. The molecule has 3 atom stereocenters. The molecule has 6 heteroatoms. The summed E-state index contributed by atoms with van der Waals surface area (Å²) in [5.41, 5.74) is 0. The minimum atomic E-state index is -0.411. The van der Waals surface area contributed by atoms with Crippen LogP contribution in [0, 0.1) is 5.92 Å². The summed E-state index contributed by atoms with van der Waals surface area (Å²) in [5, 5.41) is 12.4. The third-order valence-electron chi connectivity index (χ3n) is 3.97. The van der Waals surface area contributed by atoms with Crippen LogP contribution in [0.5, 0.6) is 0 Å². The first-order valence-corrected chi connectivity index (χ1v) is 7.28. The van der Waals surface area contributed by atoms with Gasteiger partial charge in [-0.2, -0.15) is 0 Å². The van der Waals surface area contributed by atoms with E-state index in [1.165, 1.54) is 4.90 Å². The van der Waals surface area contributed by atoms with E-state index in [1.54, 1.807) is 14.1 Å². The molecule has 6 nitrogen and oxygen atoms in total. The van der Waals surface area contributed by atoms with E-state index in [4.69, 9.17) is 4.74 Å². The fourth-order valence-corrected chi connectivity index (χ4v) is 2.47. The zero-order valence-corrected chi connectivity index (χ0v) is 12.2. The molecule has 2 aliphatic rings. The maximum Gasteiger partial charge on any atom is 0.224 e. The number of nitrogens with one attached hydrogen (secondary N) is 1. The molecule has 2 N–H and O–H groups in total. The summed E-state index contributed by atoms with van der Waals surface area (Å²) >= 11 is 0. The fourth-order valence-electron chi connectivity index (χ4n) is 2.47. The van der Waals surface area contributed by atoms with Gasteiger partial charge >= 0.3 is 0 Å². The van der Waals surface area contributed by atoms with Crippen molar-refractivity contribution in [3.8, 4) is 0 Å². The van der Waals surface area contributed by atoms with Crippen molar-refractivity contribution in [3.05, 3.63) is 0 Å². The van der Waals surface area contributed by atoms with Gasteiger partial charge in [0, 0.05) is 20.0 Å². The molecule has 1 aliphatic heterocycles. The van der Waals surface area contributed by atoms with Crippen LogP contribution in [0.3, 0.4) is 0 Å². The monoisotopic (exact) mass is 284 g/mol. The van der Waals surface area contributed by atoms with Gasteiger partial charge in [-0.3, -0.25) is 9.59 Å². The lowest BCUT2D eigenvalue weighted by Crippen LogP contribution is -2.51. The minimum Gasteiger partial charge on any atom is -0.394 e. The summed E-state index contributed by atoms with van der Waals surface area (Å²) < 4.78 is 5.76. The largest absolute Gasteiger partial charge is 0.394 e. The molecule has 1 heterocycles. The number of hydrogen-bond donors (Lipinski definition) is 2. The molecular weight excluding hydrogens is 260 g/mol. The van der Waals surface area contributed by atoms with Crippen LogP contribution in [0.2, 0.25) is 0 Å². The Hall–Kier alpha value is -1.14. The molecule has 114 valence electrons. The molecule has 0 aromatic heterocycles. The van der Waals surface area contributed by atoms with E-state index in [0.717, 1.165) is 25.7 Å². The van der Waals surface area contributed by atoms with Gasteiger partial charge in [-0.1, -0.05) is 0 Å². The topological polar surface area (TPSA) is 78.9 Å². The SMILES string of the molecule is CN(C)C(=O)C[C@H]1CC[C@@H](NC(=O)C2CC2)[C@H](CO)O1. The maximum absolute atomic E-state index is 11.8. The molecule has 0 bridgehead atoms. The molecule has 2 amide bonds. The maximum atomic E-state index is 11.8. The molecule has 0 spiro atoms. The molecule has 20 heavy (non-hydrogen) atoms. The van der Waals surface area contributed by atoms with Gasteiger partial charge in [0.15, 0.2) is 0 Å². The number of rotatable bonds is 5. The van der Waals surface area contributed by atoms with Gasteiger partial charge in [0.25, 0.3) is 0 Å². The average Bonchev–Trinajstić information content (AvgIpc) is 3.24. The third-order valence-corrected chi connectivity index (χ3v) is 3.97. The lowest BCUT2D eigenvalue weighted by atomic mass is 9.96. The number of carbonyl (C=O) groups excluding carboxylic acids is 2. The highest BCUT2D eigenvalue weighted by Crippen LogP contribution is 2.30. The molecule has 0 aromatic rings.